The normalized spacial score (nSPS) is 13.5. The van der Waals surface area contributed by atoms with Gasteiger partial charge in [-0.25, -0.2) is 0 Å². The second-order valence-electron chi connectivity index (χ2n) is 8.32. The van der Waals surface area contributed by atoms with Crippen molar-refractivity contribution in [1.29, 1.82) is 0 Å². The molecule has 37 heavy (non-hydrogen) atoms. The van der Waals surface area contributed by atoms with Crippen molar-refractivity contribution < 1.29 is 25.9 Å². The maximum atomic E-state index is 12.1. The van der Waals surface area contributed by atoms with Crippen LogP contribution in [0.1, 0.15) is 23.6 Å². The van der Waals surface area contributed by atoms with Crippen molar-refractivity contribution in [2.24, 2.45) is 0 Å². The highest BCUT2D eigenvalue weighted by Gasteiger charge is 2.21. The smallest absolute Gasteiger partial charge is 0.295 e. The molecule has 190 valence electrons. The Hall–Kier alpha value is -3.50. The van der Waals surface area contributed by atoms with Gasteiger partial charge in [0.2, 0.25) is 0 Å². The topological polar surface area (TPSA) is 112 Å². The van der Waals surface area contributed by atoms with Gasteiger partial charge in [-0.2, -0.15) is 16.8 Å². The molecule has 0 bridgehead atoms. The molecule has 1 aliphatic carbocycles. The lowest BCUT2D eigenvalue weighted by Crippen LogP contribution is -2.22. The SMILES string of the molecule is CCN(Cc1cccc(S(=O)(=O)O)c1)c1ccc(C(=C2C=C[C]C=C2)c2ccccc2S(=O)(=O)O)cc1. The second kappa shape index (κ2) is 10.9. The van der Waals surface area contributed by atoms with E-state index in [0.717, 1.165) is 22.4 Å². The van der Waals surface area contributed by atoms with Crippen molar-refractivity contribution >= 4 is 31.5 Å². The summed E-state index contributed by atoms with van der Waals surface area (Å²) in [5.74, 6) is 0. The first kappa shape index (κ1) is 26.6. The number of rotatable bonds is 8. The molecule has 0 amide bonds. The van der Waals surface area contributed by atoms with Crippen LogP contribution in [0.3, 0.4) is 0 Å². The van der Waals surface area contributed by atoms with Crippen molar-refractivity contribution in [2.45, 2.75) is 23.3 Å². The Bertz CT molecular complexity index is 1590. The Morgan fingerprint density at radius 3 is 2.14 bits per heavy atom. The van der Waals surface area contributed by atoms with Crippen LogP contribution in [0, 0.1) is 6.42 Å². The summed E-state index contributed by atoms with van der Waals surface area (Å²) in [7, 11) is -8.76. The van der Waals surface area contributed by atoms with Gasteiger partial charge in [-0.05, 0) is 59.5 Å². The van der Waals surface area contributed by atoms with Crippen LogP contribution in [-0.2, 0) is 26.8 Å². The summed E-state index contributed by atoms with van der Waals surface area (Å²) in [5.41, 5.74) is 4.10. The number of allylic oxidation sites excluding steroid dienone is 5. The van der Waals surface area contributed by atoms with Gasteiger partial charge in [0.1, 0.15) is 4.90 Å². The molecule has 0 unspecified atom stereocenters. The minimum atomic E-state index is -4.47. The van der Waals surface area contributed by atoms with Crippen molar-refractivity contribution in [3.8, 4) is 0 Å². The summed E-state index contributed by atoms with van der Waals surface area (Å²) >= 11 is 0. The summed E-state index contributed by atoms with van der Waals surface area (Å²) in [6.45, 7) is 3.02. The molecule has 0 heterocycles. The molecule has 0 atom stereocenters. The van der Waals surface area contributed by atoms with Crippen molar-refractivity contribution in [3.05, 3.63) is 126 Å². The average Bonchev–Trinajstić information content (AvgIpc) is 2.88. The zero-order valence-corrected chi connectivity index (χ0v) is 21.6. The highest BCUT2D eigenvalue weighted by Crippen LogP contribution is 2.34. The predicted molar refractivity (Wildman–Crippen MR) is 143 cm³/mol. The highest BCUT2D eigenvalue weighted by atomic mass is 32.2. The third-order valence-corrected chi connectivity index (χ3v) is 7.68. The fourth-order valence-electron chi connectivity index (χ4n) is 4.18. The van der Waals surface area contributed by atoms with Gasteiger partial charge in [0.15, 0.2) is 0 Å². The lowest BCUT2D eigenvalue weighted by atomic mass is 9.91. The van der Waals surface area contributed by atoms with Gasteiger partial charge < -0.3 is 4.90 Å². The zero-order chi connectivity index (χ0) is 26.6. The first-order valence-corrected chi connectivity index (χ1v) is 14.3. The maximum Gasteiger partial charge on any atom is 0.295 e. The van der Waals surface area contributed by atoms with Crippen molar-refractivity contribution in [1.82, 2.24) is 0 Å². The van der Waals surface area contributed by atoms with E-state index in [2.05, 4.69) is 6.42 Å². The van der Waals surface area contributed by atoms with Crippen LogP contribution in [0.15, 0.2) is 112 Å². The first-order chi connectivity index (χ1) is 17.6. The second-order valence-corrected chi connectivity index (χ2v) is 11.1. The van der Waals surface area contributed by atoms with E-state index in [-0.39, 0.29) is 9.79 Å². The molecule has 0 saturated carbocycles. The van der Waals surface area contributed by atoms with Crippen LogP contribution >= 0.6 is 0 Å². The van der Waals surface area contributed by atoms with Crippen LogP contribution in [0.25, 0.3) is 5.57 Å². The van der Waals surface area contributed by atoms with Gasteiger partial charge in [0.05, 0.1) is 4.90 Å². The number of anilines is 1. The van der Waals surface area contributed by atoms with E-state index >= 15 is 0 Å². The molecule has 0 aliphatic heterocycles. The Morgan fingerprint density at radius 1 is 0.838 bits per heavy atom. The molecule has 0 spiro atoms. The van der Waals surface area contributed by atoms with Gasteiger partial charge in [-0.1, -0.05) is 66.8 Å². The monoisotopic (exact) mass is 535 g/mol. The van der Waals surface area contributed by atoms with E-state index in [0.29, 0.717) is 24.2 Å². The molecule has 2 N–H and O–H groups in total. The van der Waals surface area contributed by atoms with E-state index in [9.17, 15) is 25.9 Å². The fraction of sp³-hybridized carbons (Fsp3) is 0.107. The van der Waals surface area contributed by atoms with Gasteiger partial charge in [0.25, 0.3) is 20.2 Å². The summed E-state index contributed by atoms with van der Waals surface area (Å²) < 4.78 is 66.5. The predicted octanol–water partition coefficient (Wildman–Crippen LogP) is 5.22. The molecule has 0 aromatic heterocycles. The van der Waals surface area contributed by atoms with Gasteiger partial charge in [0, 0.05) is 30.8 Å². The van der Waals surface area contributed by atoms with E-state index < -0.39 is 20.2 Å². The molecule has 0 fully saturated rings. The zero-order valence-electron chi connectivity index (χ0n) is 19.9. The standard InChI is InChI=1S/C28H25NO6S2/c1-2-29(20-21-9-8-12-25(19-21)36(30,31)32)24-17-15-23(16-18-24)28(22-10-4-3-5-11-22)26-13-6-7-14-27(26)37(33,34)35/h4-19H,2,20H2,1H3,(H,30,31,32)(H,33,34,35). The Morgan fingerprint density at radius 2 is 1.51 bits per heavy atom. The number of hydrogen-bond acceptors (Lipinski definition) is 5. The molecule has 7 nitrogen and oxygen atoms in total. The van der Waals surface area contributed by atoms with Gasteiger partial charge in [-0.3, -0.25) is 9.11 Å². The molecule has 4 rings (SSSR count). The minimum Gasteiger partial charge on any atom is -0.367 e. The Balaban J connectivity index is 1.73. The Kier molecular flexibility index (Phi) is 7.79. The Labute approximate surface area is 217 Å². The number of benzene rings is 3. The van der Waals surface area contributed by atoms with E-state index in [1.54, 1.807) is 42.5 Å². The third kappa shape index (κ3) is 6.26. The molecule has 3 aromatic rings. The van der Waals surface area contributed by atoms with E-state index in [1.165, 1.54) is 18.2 Å². The highest BCUT2D eigenvalue weighted by molar-refractivity contribution is 7.86. The summed E-state index contributed by atoms with van der Waals surface area (Å²) in [6.07, 6.45) is 10.1. The van der Waals surface area contributed by atoms with Crippen molar-refractivity contribution in [3.63, 3.8) is 0 Å². The van der Waals surface area contributed by atoms with Crippen LogP contribution in [0.2, 0.25) is 0 Å². The third-order valence-electron chi connectivity index (χ3n) is 5.91. The van der Waals surface area contributed by atoms with Gasteiger partial charge >= 0.3 is 0 Å². The van der Waals surface area contributed by atoms with Crippen LogP contribution in [0.5, 0.6) is 0 Å². The summed E-state index contributed by atoms with van der Waals surface area (Å²) in [6, 6.07) is 20.0. The maximum absolute atomic E-state index is 12.1. The summed E-state index contributed by atoms with van der Waals surface area (Å²) in [5, 5.41) is 0. The van der Waals surface area contributed by atoms with Gasteiger partial charge in [-0.15, -0.1) is 0 Å². The summed E-state index contributed by atoms with van der Waals surface area (Å²) in [4.78, 5) is 1.69. The van der Waals surface area contributed by atoms with E-state index in [1.807, 2.05) is 48.2 Å². The molecular formula is C28H25NO6S2. The lowest BCUT2D eigenvalue weighted by molar-refractivity contribution is 0.480. The average molecular weight is 536 g/mol. The minimum absolute atomic E-state index is 0.159. The molecule has 0 saturated heterocycles. The number of nitrogens with zero attached hydrogens (tertiary/aromatic N) is 1. The molecule has 9 heteroatoms. The first-order valence-electron chi connectivity index (χ1n) is 11.4. The van der Waals surface area contributed by atoms with E-state index in [4.69, 9.17) is 0 Å². The molecular weight excluding hydrogens is 510 g/mol. The molecule has 1 aliphatic rings. The largest absolute Gasteiger partial charge is 0.367 e. The number of hydrogen-bond donors (Lipinski definition) is 2. The van der Waals surface area contributed by atoms with Crippen molar-refractivity contribution in [2.75, 3.05) is 11.4 Å². The van der Waals surface area contributed by atoms with Crippen LogP contribution < -0.4 is 4.90 Å². The van der Waals surface area contributed by atoms with Crippen LogP contribution in [-0.4, -0.2) is 32.5 Å². The van der Waals surface area contributed by atoms with Crippen LogP contribution in [0.4, 0.5) is 5.69 Å². The fourth-order valence-corrected chi connectivity index (χ4v) is 5.43. The lowest BCUT2D eigenvalue weighted by Gasteiger charge is -2.24. The molecule has 3 aromatic carbocycles. The quantitative estimate of drug-likeness (QED) is 0.381. The molecule has 2 radical (unpaired) electrons.